The fourth-order valence-corrected chi connectivity index (χ4v) is 2.60. The molecule has 0 amide bonds. The molecule has 0 saturated carbocycles. The van der Waals surface area contributed by atoms with E-state index in [9.17, 15) is 0 Å². The standard InChI is InChI=1S/C16H24N2OS/c1-3-5-6-9-18-15-8-7-13(19-10-4-2)11-14(15)17-16(18)12-20/h7-8,11,20H,3-6,9-10,12H2,1-2H3. The zero-order chi connectivity index (χ0) is 14.4. The Balaban J connectivity index is 2.26. The summed E-state index contributed by atoms with van der Waals surface area (Å²) >= 11 is 4.40. The molecule has 1 heterocycles. The number of aromatic nitrogens is 2. The third kappa shape index (κ3) is 3.48. The third-order valence-electron chi connectivity index (χ3n) is 3.40. The predicted molar refractivity (Wildman–Crippen MR) is 87.7 cm³/mol. The highest BCUT2D eigenvalue weighted by atomic mass is 32.1. The van der Waals surface area contributed by atoms with Crippen LogP contribution >= 0.6 is 12.6 Å². The van der Waals surface area contributed by atoms with Gasteiger partial charge in [0.15, 0.2) is 0 Å². The highest BCUT2D eigenvalue weighted by molar-refractivity contribution is 7.79. The summed E-state index contributed by atoms with van der Waals surface area (Å²) < 4.78 is 7.97. The monoisotopic (exact) mass is 292 g/mol. The number of hydrogen-bond acceptors (Lipinski definition) is 3. The lowest BCUT2D eigenvalue weighted by atomic mass is 10.2. The van der Waals surface area contributed by atoms with Gasteiger partial charge < -0.3 is 9.30 Å². The number of nitrogens with zero attached hydrogens (tertiary/aromatic N) is 2. The molecule has 1 aromatic carbocycles. The van der Waals surface area contributed by atoms with Crippen LogP contribution in [0.1, 0.15) is 45.4 Å². The average Bonchev–Trinajstić information content (AvgIpc) is 2.82. The van der Waals surface area contributed by atoms with E-state index in [-0.39, 0.29) is 0 Å². The molecular weight excluding hydrogens is 268 g/mol. The van der Waals surface area contributed by atoms with Gasteiger partial charge in [0, 0.05) is 18.4 Å². The maximum absolute atomic E-state index is 5.68. The first-order chi connectivity index (χ1) is 9.80. The third-order valence-corrected chi connectivity index (χ3v) is 3.68. The predicted octanol–water partition coefficient (Wildman–Crippen LogP) is 4.45. The van der Waals surface area contributed by atoms with E-state index >= 15 is 0 Å². The summed E-state index contributed by atoms with van der Waals surface area (Å²) in [4.78, 5) is 4.69. The molecule has 20 heavy (non-hydrogen) atoms. The summed E-state index contributed by atoms with van der Waals surface area (Å²) in [6, 6.07) is 6.19. The number of unbranched alkanes of at least 4 members (excludes halogenated alkanes) is 2. The lowest BCUT2D eigenvalue weighted by Gasteiger charge is -2.08. The van der Waals surface area contributed by atoms with Crippen molar-refractivity contribution in [2.45, 2.75) is 51.8 Å². The maximum Gasteiger partial charge on any atom is 0.121 e. The van der Waals surface area contributed by atoms with Crippen molar-refractivity contribution in [1.29, 1.82) is 0 Å². The number of rotatable bonds is 8. The zero-order valence-corrected chi connectivity index (χ0v) is 13.3. The van der Waals surface area contributed by atoms with Gasteiger partial charge in [0.2, 0.25) is 0 Å². The minimum absolute atomic E-state index is 0.673. The van der Waals surface area contributed by atoms with Gasteiger partial charge in [0.1, 0.15) is 11.6 Å². The molecule has 4 heteroatoms. The van der Waals surface area contributed by atoms with Crippen molar-refractivity contribution in [2.24, 2.45) is 0 Å². The summed E-state index contributed by atoms with van der Waals surface area (Å²) in [5.74, 6) is 2.63. The second-order valence-electron chi connectivity index (χ2n) is 5.04. The van der Waals surface area contributed by atoms with Gasteiger partial charge in [0.25, 0.3) is 0 Å². The maximum atomic E-state index is 5.68. The van der Waals surface area contributed by atoms with E-state index in [1.165, 1.54) is 24.8 Å². The first kappa shape index (κ1) is 15.2. The van der Waals surface area contributed by atoms with E-state index in [0.29, 0.717) is 5.75 Å². The normalized spacial score (nSPS) is 11.2. The smallest absolute Gasteiger partial charge is 0.121 e. The van der Waals surface area contributed by atoms with E-state index in [0.717, 1.165) is 36.7 Å². The molecule has 0 spiro atoms. The fourth-order valence-electron chi connectivity index (χ4n) is 2.36. The number of aryl methyl sites for hydroxylation is 1. The van der Waals surface area contributed by atoms with Crippen molar-refractivity contribution in [1.82, 2.24) is 9.55 Å². The molecule has 0 unspecified atom stereocenters. The van der Waals surface area contributed by atoms with Crippen molar-refractivity contribution in [3.05, 3.63) is 24.0 Å². The van der Waals surface area contributed by atoms with Crippen LogP contribution in [-0.2, 0) is 12.3 Å². The molecule has 0 N–H and O–H groups in total. The Morgan fingerprint density at radius 1 is 1.20 bits per heavy atom. The first-order valence-electron chi connectivity index (χ1n) is 7.53. The van der Waals surface area contributed by atoms with Crippen molar-refractivity contribution in [2.75, 3.05) is 6.61 Å². The summed E-state index contributed by atoms with van der Waals surface area (Å²) in [6.45, 7) is 6.11. The van der Waals surface area contributed by atoms with Gasteiger partial charge in [-0.2, -0.15) is 12.6 Å². The van der Waals surface area contributed by atoms with Gasteiger partial charge in [-0.1, -0.05) is 26.7 Å². The minimum Gasteiger partial charge on any atom is -0.494 e. The summed E-state index contributed by atoms with van der Waals surface area (Å²) in [6.07, 6.45) is 4.70. The molecule has 2 rings (SSSR count). The molecule has 0 atom stereocenters. The Kier molecular flexibility index (Phi) is 5.77. The molecule has 0 bridgehead atoms. The van der Waals surface area contributed by atoms with Crippen LogP contribution in [0.3, 0.4) is 0 Å². The molecule has 0 aliphatic rings. The van der Waals surface area contributed by atoms with Crippen molar-refractivity contribution in [3.8, 4) is 5.75 Å². The van der Waals surface area contributed by atoms with Crippen LogP contribution in [0.5, 0.6) is 5.75 Å². The van der Waals surface area contributed by atoms with Crippen LogP contribution in [0.2, 0.25) is 0 Å². The Morgan fingerprint density at radius 2 is 2.05 bits per heavy atom. The van der Waals surface area contributed by atoms with Gasteiger partial charge in [-0.05, 0) is 25.0 Å². The van der Waals surface area contributed by atoms with Crippen LogP contribution in [-0.4, -0.2) is 16.2 Å². The molecule has 110 valence electrons. The number of imidazole rings is 1. The van der Waals surface area contributed by atoms with E-state index < -0.39 is 0 Å². The quantitative estimate of drug-likeness (QED) is 0.575. The van der Waals surface area contributed by atoms with E-state index in [2.05, 4.69) is 42.1 Å². The second kappa shape index (κ2) is 7.58. The molecule has 0 radical (unpaired) electrons. The van der Waals surface area contributed by atoms with Crippen molar-refractivity contribution < 1.29 is 4.74 Å². The number of fused-ring (bicyclic) bond motifs is 1. The van der Waals surface area contributed by atoms with Gasteiger partial charge >= 0.3 is 0 Å². The van der Waals surface area contributed by atoms with Crippen LogP contribution in [0.15, 0.2) is 18.2 Å². The number of thiol groups is 1. The van der Waals surface area contributed by atoms with Gasteiger partial charge in [-0.25, -0.2) is 4.98 Å². The molecule has 2 aromatic rings. The van der Waals surface area contributed by atoms with Gasteiger partial charge in [0.05, 0.1) is 17.6 Å². The van der Waals surface area contributed by atoms with Crippen LogP contribution in [0.25, 0.3) is 11.0 Å². The molecule has 3 nitrogen and oxygen atoms in total. The molecule has 0 fully saturated rings. The van der Waals surface area contributed by atoms with E-state index in [1.807, 2.05) is 12.1 Å². The van der Waals surface area contributed by atoms with Crippen LogP contribution < -0.4 is 4.74 Å². The largest absolute Gasteiger partial charge is 0.494 e. The average molecular weight is 292 g/mol. The minimum atomic E-state index is 0.673. The van der Waals surface area contributed by atoms with Crippen LogP contribution in [0, 0.1) is 0 Å². The lowest BCUT2D eigenvalue weighted by molar-refractivity contribution is 0.318. The van der Waals surface area contributed by atoms with E-state index in [4.69, 9.17) is 4.74 Å². The van der Waals surface area contributed by atoms with Gasteiger partial charge in [-0.15, -0.1) is 0 Å². The van der Waals surface area contributed by atoms with Crippen molar-refractivity contribution in [3.63, 3.8) is 0 Å². The lowest BCUT2D eigenvalue weighted by Crippen LogP contribution is -2.02. The molecule has 0 aliphatic carbocycles. The molecule has 1 aromatic heterocycles. The molecule has 0 aliphatic heterocycles. The Bertz CT molecular complexity index is 551. The Labute approximate surface area is 126 Å². The van der Waals surface area contributed by atoms with E-state index in [1.54, 1.807) is 0 Å². The SMILES string of the molecule is CCCCCn1c(CS)nc2cc(OCCC)ccc21. The zero-order valence-electron chi connectivity index (χ0n) is 12.4. The first-order valence-corrected chi connectivity index (χ1v) is 8.16. The van der Waals surface area contributed by atoms with Crippen molar-refractivity contribution >= 4 is 23.7 Å². The number of ether oxygens (including phenoxy) is 1. The Hall–Kier alpha value is -1.16. The summed E-state index contributed by atoms with van der Waals surface area (Å²) in [7, 11) is 0. The number of benzene rings is 1. The highest BCUT2D eigenvalue weighted by Gasteiger charge is 2.10. The van der Waals surface area contributed by atoms with Crippen LogP contribution in [0.4, 0.5) is 0 Å². The Morgan fingerprint density at radius 3 is 2.75 bits per heavy atom. The topological polar surface area (TPSA) is 27.1 Å². The summed E-state index contributed by atoms with van der Waals surface area (Å²) in [5.41, 5.74) is 2.20. The number of hydrogen-bond donors (Lipinski definition) is 1. The second-order valence-corrected chi connectivity index (χ2v) is 5.36. The molecule has 0 saturated heterocycles. The fraction of sp³-hybridized carbons (Fsp3) is 0.562. The van der Waals surface area contributed by atoms with Gasteiger partial charge in [-0.3, -0.25) is 0 Å². The molecular formula is C16H24N2OS. The highest BCUT2D eigenvalue weighted by Crippen LogP contribution is 2.23. The summed E-state index contributed by atoms with van der Waals surface area (Å²) in [5, 5.41) is 0.